The molecule has 1 aromatic heterocycles. The molecule has 1 unspecified atom stereocenters. The van der Waals surface area contributed by atoms with Gasteiger partial charge in [-0.2, -0.15) is 4.31 Å². The molecule has 1 fully saturated rings. The number of sulfonamides is 1. The molecular formula is C12H20N2O4S3. The van der Waals surface area contributed by atoms with Crippen LogP contribution in [0.15, 0.2) is 16.3 Å². The molecule has 1 aliphatic rings. The van der Waals surface area contributed by atoms with Crippen LogP contribution >= 0.6 is 11.3 Å². The zero-order valence-electron chi connectivity index (χ0n) is 12.1. The predicted molar refractivity (Wildman–Crippen MR) is 83.7 cm³/mol. The van der Waals surface area contributed by atoms with Gasteiger partial charge in [-0.3, -0.25) is 0 Å². The van der Waals surface area contributed by atoms with Crippen molar-refractivity contribution in [3.8, 4) is 0 Å². The predicted octanol–water partition coefficient (Wildman–Crippen LogP) is 0.665. The molecule has 1 N–H and O–H groups in total. The largest absolute Gasteiger partial charge is 0.312 e. The molecule has 1 aliphatic heterocycles. The molecule has 9 heteroatoms. The van der Waals surface area contributed by atoms with Gasteiger partial charge >= 0.3 is 0 Å². The molecule has 1 aromatic rings. The molecule has 1 saturated heterocycles. The number of thiophene rings is 1. The van der Waals surface area contributed by atoms with Gasteiger partial charge in [0, 0.05) is 24.0 Å². The SMILES string of the molecule is CCNCc1ccc(S(=O)(=O)N2CCS(=O)(=O)CC2C)s1. The zero-order valence-corrected chi connectivity index (χ0v) is 14.5. The monoisotopic (exact) mass is 352 g/mol. The van der Waals surface area contributed by atoms with Gasteiger partial charge in [-0.25, -0.2) is 16.8 Å². The van der Waals surface area contributed by atoms with E-state index in [9.17, 15) is 16.8 Å². The van der Waals surface area contributed by atoms with Gasteiger partial charge in [0.05, 0.1) is 11.5 Å². The Morgan fingerprint density at radius 3 is 2.76 bits per heavy atom. The second-order valence-corrected chi connectivity index (χ2v) is 10.6. The van der Waals surface area contributed by atoms with E-state index in [0.29, 0.717) is 6.54 Å². The Bertz CT molecular complexity index is 694. The second kappa shape index (κ2) is 6.33. The van der Waals surface area contributed by atoms with Crippen LogP contribution in [0.2, 0.25) is 0 Å². The van der Waals surface area contributed by atoms with Gasteiger partial charge in [0.1, 0.15) is 4.21 Å². The highest BCUT2D eigenvalue weighted by molar-refractivity contribution is 7.92. The van der Waals surface area contributed by atoms with Crippen LogP contribution in [0.25, 0.3) is 0 Å². The number of hydrogen-bond donors (Lipinski definition) is 1. The fourth-order valence-corrected chi connectivity index (χ4v) is 7.15. The quantitative estimate of drug-likeness (QED) is 0.842. The first-order valence-corrected chi connectivity index (χ1v) is 10.9. The summed E-state index contributed by atoms with van der Waals surface area (Å²) in [4.78, 5) is 0.952. The Morgan fingerprint density at radius 1 is 1.43 bits per heavy atom. The van der Waals surface area contributed by atoms with E-state index in [-0.39, 0.29) is 22.3 Å². The lowest BCUT2D eigenvalue weighted by molar-refractivity contribution is 0.357. The van der Waals surface area contributed by atoms with E-state index in [4.69, 9.17) is 0 Å². The van der Waals surface area contributed by atoms with Gasteiger partial charge in [-0.1, -0.05) is 6.92 Å². The van der Waals surface area contributed by atoms with Crippen molar-refractivity contribution >= 4 is 31.2 Å². The minimum Gasteiger partial charge on any atom is -0.312 e. The van der Waals surface area contributed by atoms with Crippen LogP contribution in [0, 0.1) is 0 Å². The fourth-order valence-electron chi connectivity index (χ4n) is 2.30. The first kappa shape index (κ1) is 16.9. The highest BCUT2D eigenvalue weighted by Gasteiger charge is 2.37. The standard InChI is InChI=1S/C12H20N2O4S3/c1-3-13-8-11-4-5-12(19-11)21(17,18)14-6-7-20(15,16)9-10(14)2/h4-5,10,13H,3,6-9H2,1-2H3. The van der Waals surface area contributed by atoms with Crippen LogP contribution < -0.4 is 5.32 Å². The van der Waals surface area contributed by atoms with E-state index in [1.807, 2.05) is 6.92 Å². The van der Waals surface area contributed by atoms with Crippen LogP contribution in [0.3, 0.4) is 0 Å². The molecule has 120 valence electrons. The number of rotatable bonds is 5. The van der Waals surface area contributed by atoms with Crippen LogP contribution in [0.5, 0.6) is 0 Å². The maximum atomic E-state index is 12.6. The first-order chi connectivity index (χ1) is 9.76. The summed E-state index contributed by atoms with van der Waals surface area (Å²) in [6.07, 6.45) is 0. The molecule has 2 heterocycles. The smallest absolute Gasteiger partial charge is 0.252 e. The van der Waals surface area contributed by atoms with Gasteiger partial charge in [0.15, 0.2) is 9.84 Å². The summed E-state index contributed by atoms with van der Waals surface area (Å²) < 4.78 is 49.9. The van der Waals surface area contributed by atoms with E-state index in [1.165, 1.54) is 15.6 Å². The number of sulfone groups is 1. The summed E-state index contributed by atoms with van der Waals surface area (Å²) >= 11 is 1.23. The Kier molecular flexibility index (Phi) is 5.09. The van der Waals surface area contributed by atoms with Gasteiger partial charge in [-0.15, -0.1) is 11.3 Å². The minimum atomic E-state index is -3.61. The lowest BCUT2D eigenvalue weighted by Gasteiger charge is -2.31. The average molecular weight is 353 g/mol. The van der Waals surface area contributed by atoms with Gasteiger partial charge < -0.3 is 5.32 Å². The molecule has 0 spiro atoms. The van der Waals surface area contributed by atoms with Crippen molar-refractivity contribution < 1.29 is 16.8 Å². The third-order valence-corrected chi connectivity index (χ3v) is 8.72. The van der Waals surface area contributed by atoms with Crippen LogP contribution in [0.1, 0.15) is 18.7 Å². The molecule has 2 rings (SSSR count). The molecule has 6 nitrogen and oxygen atoms in total. The van der Waals surface area contributed by atoms with Crippen molar-refractivity contribution in [2.45, 2.75) is 30.6 Å². The van der Waals surface area contributed by atoms with Gasteiger partial charge in [0.2, 0.25) is 0 Å². The molecule has 0 bridgehead atoms. The normalized spacial score (nSPS) is 23.2. The summed E-state index contributed by atoms with van der Waals surface area (Å²) in [5.74, 6) is -0.214. The number of nitrogens with one attached hydrogen (secondary N) is 1. The molecule has 0 aromatic carbocycles. The summed E-state index contributed by atoms with van der Waals surface area (Å²) in [7, 11) is -6.73. The van der Waals surface area contributed by atoms with E-state index < -0.39 is 25.9 Å². The van der Waals surface area contributed by atoms with Crippen molar-refractivity contribution in [3.05, 3.63) is 17.0 Å². The van der Waals surface area contributed by atoms with Crippen LogP contribution in [0.4, 0.5) is 0 Å². The Morgan fingerprint density at radius 2 is 2.14 bits per heavy atom. The van der Waals surface area contributed by atoms with E-state index >= 15 is 0 Å². The third kappa shape index (κ3) is 3.84. The van der Waals surface area contributed by atoms with Crippen molar-refractivity contribution in [2.75, 3.05) is 24.6 Å². The Balaban J connectivity index is 2.20. The molecule has 0 saturated carbocycles. The summed E-state index contributed by atoms with van der Waals surface area (Å²) in [6, 6.07) is 2.88. The van der Waals surface area contributed by atoms with Crippen LogP contribution in [-0.2, 0) is 26.4 Å². The van der Waals surface area contributed by atoms with Crippen LogP contribution in [-0.4, -0.2) is 51.8 Å². The summed E-state index contributed by atoms with van der Waals surface area (Å²) in [5, 5.41) is 3.15. The number of hydrogen-bond acceptors (Lipinski definition) is 6. The van der Waals surface area contributed by atoms with Crippen molar-refractivity contribution in [3.63, 3.8) is 0 Å². The summed E-state index contributed by atoms with van der Waals surface area (Å²) in [6.45, 7) is 5.12. The van der Waals surface area contributed by atoms with E-state index in [2.05, 4.69) is 5.32 Å². The van der Waals surface area contributed by atoms with Gasteiger partial charge in [0.25, 0.3) is 10.0 Å². The molecule has 0 radical (unpaired) electrons. The van der Waals surface area contributed by atoms with Crippen molar-refractivity contribution in [1.82, 2.24) is 9.62 Å². The lowest BCUT2D eigenvalue weighted by atomic mass is 10.4. The molecule has 1 atom stereocenters. The van der Waals surface area contributed by atoms with E-state index in [1.54, 1.807) is 19.1 Å². The topological polar surface area (TPSA) is 83.6 Å². The zero-order chi connectivity index (χ0) is 15.7. The summed E-state index contributed by atoms with van der Waals surface area (Å²) in [5.41, 5.74) is 0. The fraction of sp³-hybridized carbons (Fsp3) is 0.667. The highest BCUT2D eigenvalue weighted by atomic mass is 32.2. The minimum absolute atomic E-state index is 0.0340. The number of nitrogens with zero attached hydrogens (tertiary/aromatic N) is 1. The van der Waals surface area contributed by atoms with Gasteiger partial charge in [-0.05, 0) is 25.6 Å². The maximum Gasteiger partial charge on any atom is 0.252 e. The lowest BCUT2D eigenvalue weighted by Crippen LogP contribution is -2.49. The second-order valence-electron chi connectivity index (χ2n) is 5.08. The molecular weight excluding hydrogens is 332 g/mol. The average Bonchev–Trinajstić information content (AvgIpc) is 2.84. The maximum absolute atomic E-state index is 12.6. The Labute approximate surface area is 130 Å². The van der Waals surface area contributed by atoms with Crippen molar-refractivity contribution in [1.29, 1.82) is 0 Å². The van der Waals surface area contributed by atoms with E-state index in [0.717, 1.165) is 11.4 Å². The highest BCUT2D eigenvalue weighted by Crippen LogP contribution is 2.28. The van der Waals surface area contributed by atoms with Crippen molar-refractivity contribution in [2.24, 2.45) is 0 Å². The molecule has 0 amide bonds. The molecule has 0 aliphatic carbocycles. The first-order valence-electron chi connectivity index (χ1n) is 6.78. The Hall–Kier alpha value is -0.480. The third-order valence-electron chi connectivity index (χ3n) is 3.36. The molecule has 21 heavy (non-hydrogen) atoms.